The molecule has 4 N–H and O–H groups in total. The minimum atomic E-state index is -0.623. The predicted molar refractivity (Wildman–Crippen MR) is 119 cm³/mol. The van der Waals surface area contributed by atoms with Crippen molar-refractivity contribution in [3.05, 3.63) is 60.2 Å². The second-order valence-corrected chi connectivity index (χ2v) is 7.37. The molecule has 2 rings (SSSR count). The van der Waals surface area contributed by atoms with Crippen molar-refractivity contribution in [3.63, 3.8) is 0 Å². The van der Waals surface area contributed by atoms with Crippen LogP contribution in [0, 0.1) is 0 Å². The fourth-order valence-corrected chi connectivity index (χ4v) is 3.21. The van der Waals surface area contributed by atoms with E-state index in [1.807, 2.05) is 18.4 Å². The number of amides is 2. The van der Waals surface area contributed by atoms with Crippen molar-refractivity contribution >= 4 is 29.4 Å². The first kappa shape index (κ1) is 24.1. The summed E-state index contributed by atoms with van der Waals surface area (Å²) < 4.78 is 10.7. The summed E-state index contributed by atoms with van der Waals surface area (Å²) in [5, 5.41) is 21.3. The van der Waals surface area contributed by atoms with Gasteiger partial charge in [0, 0.05) is 16.7 Å². The van der Waals surface area contributed by atoms with E-state index in [-0.39, 0.29) is 5.75 Å². The molecule has 0 spiro atoms. The molecule has 2 amide bonds. The number of hydroxylamine groups is 1. The molecule has 0 fully saturated rings. The van der Waals surface area contributed by atoms with Gasteiger partial charge in [-0.3, -0.25) is 15.3 Å². The van der Waals surface area contributed by atoms with E-state index in [2.05, 4.69) is 5.32 Å². The van der Waals surface area contributed by atoms with Gasteiger partial charge in [0.2, 0.25) is 0 Å². The molecule has 0 bridgehead atoms. The second kappa shape index (κ2) is 12.5. The third-order valence-electron chi connectivity index (χ3n) is 4.38. The summed E-state index contributed by atoms with van der Waals surface area (Å²) in [4.78, 5) is 24.6. The minimum Gasteiger partial charge on any atom is -0.504 e. The number of benzene rings is 2. The zero-order valence-corrected chi connectivity index (χ0v) is 18.1. The van der Waals surface area contributed by atoms with Gasteiger partial charge in [0.15, 0.2) is 11.5 Å². The van der Waals surface area contributed by atoms with E-state index < -0.39 is 18.1 Å². The molecule has 0 aromatic heterocycles. The number of carbonyl (C=O) groups is 2. The first-order valence-electron chi connectivity index (χ1n) is 9.56. The average Bonchev–Trinajstić information content (AvgIpc) is 2.78. The van der Waals surface area contributed by atoms with E-state index in [4.69, 9.17) is 14.7 Å². The third kappa shape index (κ3) is 7.88. The van der Waals surface area contributed by atoms with Crippen molar-refractivity contribution in [2.45, 2.75) is 30.3 Å². The van der Waals surface area contributed by atoms with Gasteiger partial charge in [-0.1, -0.05) is 12.1 Å². The molecule has 31 heavy (non-hydrogen) atoms. The predicted octanol–water partition coefficient (Wildman–Crippen LogP) is 4.64. The Kier molecular flexibility index (Phi) is 9.73. The van der Waals surface area contributed by atoms with Gasteiger partial charge in [-0.25, -0.2) is 10.3 Å². The first-order valence-corrected chi connectivity index (χ1v) is 10.8. The Morgan fingerprint density at radius 2 is 1.94 bits per heavy atom. The molecule has 0 aliphatic carbocycles. The average molecular weight is 447 g/mol. The third-order valence-corrected chi connectivity index (χ3v) is 5.12. The normalized spacial score (nSPS) is 11.7. The number of phenols is 1. The number of hydrogen-bond donors (Lipinski definition) is 4. The van der Waals surface area contributed by atoms with Gasteiger partial charge in [-0.15, -0.1) is 11.8 Å². The largest absolute Gasteiger partial charge is 0.504 e. The van der Waals surface area contributed by atoms with Crippen molar-refractivity contribution in [3.8, 4) is 11.5 Å². The quantitative estimate of drug-likeness (QED) is 0.138. The maximum absolute atomic E-state index is 12.5. The van der Waals surface area contributed by atoms with Crippen LogP contribution in [0.2, 0.25) is 0 Å². The molecular formula is C22H26N2O6S. The Labute approximate surface area is 185 Å². The summed E-state index contributed by atoms with van der Waals surface area (Å²) in [6.07, 6.45) is 5.15. The zero-order valence-electron chi connectivity index (χ0n) is 17.3. The Balaban J connectivity index is 2.06. The summed E-state index contributed by atoms with van der Waals surface area (Å²) in [6.45, 7) is 0. The molecule has 1 atom stereocenters. The number of unbranched alkanes of at least 4 members (excludes halogenated alkanes) is 1. The number of hydrogen-bond acceptors (Lipinski definition) is 7. The summed E-state index contributed by atoms with van der Waals surface area (Å²) in [5.41, 5.74) is 2.74. The fourth-order valence-electron chi connectivity index (χ4n) is 2.80. The van der Waals surface area contributed by atoms with Crippen molar-refractivity contribution in [2.75, 3.05) is 18.7 Å². The number of phenolic OH excluding ortho intramolecular Hbond substituents is 1. The van der Waals surface area contributed by atoms with Crippen molar-refractivity contribution in [1.29, 1.82) is 0 Å². The van der Waals surface area contributed by atoms with E-state index in [0.717, 1.165) is 4.90 Å². The monoisotopic (exact) mass is 446 g/mol. The molecule has 0 radical (unpaired) electrons. The van der Waals surface area contributed by atoms with Crippen LogP contribution in [0.3, 0.4) is 0 Å². The van der Waals surface area contributed by atoms with Gasteiger partial charge < -0.3 is 14.6 Å². The Hall–Kier alpha value is -3.17. The highest BCUT2D eigenvalue weighted by Gasteiger charge is 2.18. The zero-order chi connectivity index (χ0) is 22.6. The summed E-state index contributed by atoms with van der Waals surface area (Å²) >= 11 is 1.60. The number of methoxy groups -OCH3 is 1. The van der Waals surface area contributed by atoms with Crippen molar-refractivity contribution < 1.29 is 29.4 Å². The van der Waals surface area contributed by atoms with Crippen LogP contribution in [0.4, 0.5) is 10.5 Å². The van der Waals surface area contributed by atoms with E-state index in [1.54, 1.807) is 42.1 Å². The summed E-state index contributed by atoms with van der Waals surface area (Å²) in [5.74, 6) is -0.347. The SMILES string of the molecule is COc1ccc([C@@H](CCC/C=C/C(=O)NO)OC(=O)Nc2ccc(SC)cc2)cc1O. The van der Waals surface area contributed by atoms with Crippen molar-refractivity contribution in [2.24, 2.45) is 0 Å². The number of thioether (sulfide) groups is 1. The highest BCUT2D eigenvalue weighted by Crippen LogP contribution is 2.32. The van der Waals surface area contributed by atoms with Crippen molar-refractivity contribution in [1.82, 2.24) is 5.48 Å². The molecule has 0 heterocycles. The number of ether oxygens (including phenoxy) is 2. The highest BCUT2D eigenvalue weighted by molar-refractivity contribution is 7.98. The molecule has 0 saturated heterocycles. The lowest BCUT2D eigenvalue weighted by molar-refractivity contribution is -0.124. The number of aromatic hydroxyl groups is 1. The van der Waals surface area contributed by atoms with Gasteiger partial charge in [-0.2, -0.15) is 0 Å². The smallest absolute Gasteiger partial charge is 0.412 e. The Morgan fingerprint density at radius 3 is 2.55 bits per heavy atom. The number of nitrogens with one attached hydrogen (secondary N) is 2. The standard InChI is InChI=1S/C22H26N2O6S/c1-29-20-13-8-15(14-18(20)25)19(6-4-3-5-7-21(26)24-28)30-22(27)23-16-9-11-17(31-2)12-10-16/h5,7-14,19,25,28H,3-4,6H2,1-2H3,(H,23,27)(H,24,26)/b7-5+/t19-/m1/s1. The summed E-state index contributed by atoms with van der Waals surface area (Å²) in [6, 6.07) is 12.2. The van der Waals surface area contributed by atoms with E-state index in [9.17, 15) is 14.7 Å². The molecule has 2 aromatic rings. The number of rotatable bonds is 10. The van der Waals surface area contributed by atoms with Crippen LogP contribution >= 0.6 is 11.8 Å². The lowest BCUT2D eigenvalue weighted by atomic mass is 10.0. The molecule has 2 aromatic carbocycles. The molecule has 166 valence electrons. The van der Waals surface area contributed by atoms with E-state index in [1.165, 1.54) is 24.7 Å². The Morgan fingerprint density at radius 1 is 1.19 bits per heavy atom. The maximum Gasteiger partial charge on any atom is 0.412 e. The van der Waals surface area contributed by atoms with Gasteiger partial charge >= 0.3 is 6.09 Å². The number of allylic oxidation sites excluding steroid dienone is 1. The van der Waals surface area contributed by atoms with Crippen LogP contribution in [0.25, 0.3) is 0 Å². The molecule has 8 nitrogen and oxygen atoms in total. The highest BCUT2D eigenvalue weighted by atomic mass is 32.2. The number of carbonyl (C=O) groups excluding carboxylic acids is 2. The van der Waals surface area contributed by atoms with Gasteiger partial charge in [0.25, 0.3) is 5.91 Å². The van der Waals surface area contributed by atoms with E-state index in [0.29, 0.717) is 36.3 Å². The molecule has 0 aliphatic heterocycles. The van der Waals surface area contributed by atoms with Gasteiger partial charge in [0.05, 0.1) is 7.11 Å². The lowest BCUT2D eigenvalue weighted by Gasteiger charge is -2.19. The molecular weight excluding hydrogens is 420 g/mol. The Bertz CT molecular complexity index is 901. The molecule has 9 heteroatoms. The second-order valence-electron chi connectivity index (χ2n) is 6.49. The lowest BCUT2D eigenvalue weighted by Crippen LogP contribution is -2.17. The maximum atomic E-state index is 12.5. The van der Waals surface area contributed by atoms with Crippen LogP contribution in [-0.4, -0.2) is 35.7 Å². The number of anilines is 1. The van der Waals surface area contributed by atoms with Crippen LogP contribution in [0.15, 0.2) is 59.5 Å². The van der Waals surface area contributed by atoms with Crippen LogP contribution < -0.4 is 15.5 Å². The molecule has 0 saturated carbocycles. The van der Waals surface area contributed by atoms with Gasteiger partial charge in [-0.05, 0) is 67.5 Å². The van der Waals surface area contributed by atoms with E-state index >= 15 is 0 Å². The van der Waals surface area contributed by atoms with Crippen LogP contribution in [0.1, 0.15) is 30.9 Å². The van der Waals surface area contributed by atoms with Crippen LogP contribution in [-0.2, 0) is 9.53 Å². The molecule has 0 unspecified atom stereocenters. The minimum absolute atomic E-state index is 0.0545. The van der Waals surface area contributed by atoms with Gasteiger partial charge in [0.1, 0.15) is 6.10 Å². The fraction of sp³-hybridized carbons (Fsp3) is 0.273. The summed E-state index contributed by atoms with van der Waals surface area (Å²) in [7, 11) is 1.45. The topological polar surface area (TPSA) is 117 Å². The first-order chi connectivity index (χ1) is 15.0. The molecule has 0 aliphatic rings. The van der Waals surface area contributed by atoms with Crippen LogP contribution in [0.5, 0.6) is 11.5 Å².